The van der Waals surface area contributed by atoms with Crippen molar-refractivity contribution in [3.8, 4) is 22.6 Å². The molecule has 0 aliphatic heterocycles. The van der Waals surface area contributed by atoms with Crippen LogP contribution in [0, 0.1) is 6.92 Å². The fourth-order valence-electron chi connectivity index (χ4n) is 2.65. The topological polar surface area (TPSA) is 57.5 Å². The van der Waals surface area contributed by atoms with Crippen LogP contribution in [0.5, 0.6) is 11.5 Å². The maximum absolute atomic E-state index is 11.8. The summed E-state index contributed by atoms with van der Waals surface area (Å²) >= 11 is 0. The molecule has 19 heavy (non-hydrogen) atoms. The molecule has 1 aliphatic rings. The molecule has 0 amide bonds. The Morgan fingerprint density at radius 1 is 0.947 bits per heavy atom. The standard InChI is InChI=1S/C16H14O3/c1-9-14(17)7-6-13(16(9)19)10-3-2-4-12-11(10)5-8-15(12)18/h2-4,6-7,17,19H,5,8H2,1H3. The molecule has 0 radical (unpaired) electrons. The van der Waals surface area contributed by atoms with Gasteiger partial charge in [-0.3, -0.25) is 4.79 Å². The monoisotopic (exact) mass is 254 g/mol. The lowest BCUT2D eigenvalue weighted by Crippen LogP contribution is -1.93. The third kappa shape index (κ3) is 1.70. The quantitative estimate of drug-likeness (QED) is 0.821. The lowest BCUT2D eigenvalue weighted by molar-refractivity contribution is 0.0994. The first-order valence-corrected chi connectivity index (χ1v) is 6.26. The predicted octanol–water partition coefficient (Wildman–Crippen LogP) is 3.20. The molecular weight excluding hydrogens is 240 g/mol. The van der Waals surface area contributed by atoms with Crippen LogP contribution in [0.1, 0.15) is 27.9 Å². The summed E-state index contributed by atoms with van der Waals surface area (Å²) in [4.78, 5) is 11.8. The minimum atomic E-state index is 0.0740. The van der Waals surface area contributed by atoms with Gasteiger partial charge in [-0.15, -0.1) is 0 Å². The molecule has 0 bridgehead atoms. The second-order valence-electron chi connectivity index (χ2n) is 4.86. The second kappa shape index (κ2) is 4.12. The van der Waals surface area contributed by atoms with E-state index in [9.17, 15) is 15.0 Å². The van der Waals surface area contributed by atoms with E-state index >= 15 is 0 Å². The number of phenolic OH excluding ortho intramolecular Hbond substituents is 2. The van der Waals surface area contributed by atoms with E-state index in [1.54, 1.807) is 19.1 Å². The van der Waals surface area contributed by atoms with Gasteiger partial charge in [0, 0.05) is 23.1 Å². The Balaban J connectivity index is 2.25. The van der Waals surface area contributed by atoms with Crippen molar-refractivity contribution in [3.63, 3.8) is 0 Å². The Labute approximate surface area is 111 Å². The van der Waals surface area contributed by atoms with E-state index in [1.807, 2.05) is 18.2 Å². The number of ketones is 1. The van der Waals surface area contributed by atoms with E-state index in [1.165, 1.54) is 0 Å². The third-order valence-electron chi connectivity index (χ3n) is 3.77. The van der Waals surface area contributed by atoms with Gasteiger partial charge >= 0.3 is 0 Å². The molecule has 0 unspecified atom stereocenters. The Morgan fingerprint density at radius 3 is 2.47 bits per heavy atom. The fourth-order valence-corrected chi connectivity index (χ4v) is 2.65. The highest BCUT2D eigenvalue weighted by atomic mass is 16.3. The molecule has 3 heteroatoms. The van der Waals surface area contributed by atoms with Crippen LogP contribution in [0.3, 0.4) is 0 Å². The number of aromatic hydroxyl groups is 2. The van der Waals surface area contributed by atoms with Crippen molar-refractivity contribution >= 4 is 5.78 Å². The molecule has 2 aromatic carbocycles. The molecule has 0 heterocycles. The van der Waals surface area contributed by atoms with Gasteiger partial charge in [0.2, 0.25) is 0 Å². The van der Waals surface area contributed by atoms with Gasteiger partial charge in [-0.1, -0.05) is 18.2 Å². The molecule has 0 atom stereocenters. The van der Waals surface area contributed by atoms with E-state index in [0.717, 1.165) is 16.7 Å². The van der Waals surface area contributed by atoms with Crippen LogP contribution >= 0.6 is 0 Å². The maximum Gasteiger partial charge on any atom is 0.163 e. The predicted molar refractivity (Wildman–Crippen MR) is 72.6 cm³/mol. The van der Waals surface area contributed by atoms with Crippen LogP contribution in [0.15, 0.2) is 30.3 Å². The zero-order chi connectivity index (χ0) is 13.6. The van der Waals surface area contributed by atoms with E-state index in [0.29, 0.717) is 24.0 Å². The number of carbonyl (C=O) groups excluding carboxylic acids is 1. The summed E-state index contributed by atoms with van der Waals surface area (Å²) in [6.45, 7) is 1.67. The molecule has 0 saturated heterocycles. The molecule has 0 fully saturated rings. The first kappa shape index (κ1) is 11.8. The number of benzene rings is 2. The van der Waals surface area contributed by atoms with Crippen molar-refractivity contribution in [3.05, 3.63) is 47.0 Å². The highest BCUT2D eigenvalue weighted by molar-refractivity contribution is 6.02. The lowest BCUT2D eigenvalue weighted by Gasteiger charge is -2.12. The SMILES string of the molecule is Cc1c(O)ccc(-c2cccc3c2CCC3=O)c1O. The van der Waals surface area contributed by atoms with Crippen LogP contribution in [-0.4, -0.2) is 16.0 Å². The molecular formula is C16H14O3. The number of rotatable bonds is 1. The van der Waals surface area contributed by atoms with Crippen LogP contribution in [0.25, 0.3) is 11.1 Å². The minimum absolute atomic E-state index is 0.0740. The van der Waals surface area contributed by atoms with Gasteiger partial charge in [-0.2, -0.15) is 0 Å². The summed E-state index contributed by atoms with van der Waals surface area (Å²) in [5, 5.41) is 19.8. The maximum atomic E-state index is 11.8. The van der Waals surface area contributed by atoms with E-state index in [-0.39, 0.29) is 17.3 Å². The van der Waals surface area contributed by atoms with Crippen LogP contribution < -0.4 is 0 Å². The van der Waals surface area contributed by atoms with Crippen molar-refractivity contribution in [2.75, 3.05) is 0 Å². The zero-order valence-electron chi connectivity index (χ0n) is 10.6. The number of fused-ring (bicyclic) bond motifs is 1. The fraction of sp³-hybridized carbons (Fsp3) is 0.188. The van der Waals surface area contributed by atoms with Crippen molar-refractivity contribution in [2.45, 2.75) is 19.8 Å². The molecule has 0 spiro atoms. The van der Waals surface area contributed by atoms with Gasteiger partial charge in [0.25, 0.3) is 0 Å². The van der Waals surface area contributed by atoms with Gasteiger partial charge in [0.1, 0.15) is 11.5 Å². The number of Topliss-reactive ketones (excluding diaryl/α,β-unsaturated/α-hetero) is 1. The summed E-state index contributed by atoms with van der Waals surface area (Å²) in [6.07, 6.45) is 1.24. The molecule has 3 rings (SSSR count). The Morgan fingerprint density at radius 2 is 1.68 bits per heavy atom. The molecule has 0 saturated carbocycles. The normalized spacial score (nSPS) is 13.6. The smallest absolute Gasteiger partial charge is 0.163 e. The molecule has 2 aromatic rings. The third-order valence-corrected chi connectivity index (χ3v) is 3.77. The summed E-state index contributed by atoms with van der Waals surface area (Å²) in [5.74, 6) is 0.310. The first-order chi connectivity index (χ1) is 9.09. The van der Waals surface area contributed by atoms with E-state index in [4.69, 9.17) is 0 Å². The minimum Gasteiger partial charge on any atom is -0.508 e. The van der Waals surface area contributed by atoms with Gasteiger partial charge < -0.3 is 10.2 Å². The molecule has 1 aliphatic carbocycles. The lowest BCUT2D eigenvalue weighted by atomic mass is 9.94. The van der Waals surface area contributed by atoms with Crippen molar-refractivity contribution in [2.24, 2.45) is 0 Å². The molecule has 2 N–H and O–H groups in total. The molecule has 3 nitrogen and oxygen atoms in total. The number of carbonyl (C=O) groups is 1. The van der Waals surface area contributed by atoms with Gasteiger partial charge in [0.15, 0.2) is 5.78 Å². The number of hydrogen-bond acceptors (Lipinski definition) is 3. The highest BCUT2D eigenvalue weighted by Gasteiger charge is 2.23. The van der Waals surface area contributed by atoms with Gasteiger partial charge in [-0.25, -0.2) is 0 Å². The summed E-state index contributed by atoms with van der Waals surface area (Å²) < 4.78 is 0. The summed E-state index contributed by atoms with van der Waals surface area (Å²) in [6, 6.07) is 8.83. The highest BCUT2D eigenvalue weighted by Crippen LogP contribution is 2.40. The second-order valence-corrected chi connectivity index (χ2v) is 4.86. The van der Waals surface area contributed by atoms with Crippen LogP contribution in [0.4, 0.5) is 0 Å². The van der Waals surface area contributed by atoms with Gasteiger partial charge in [-0.05, 0) is 36.6 Å². The van der Waals surface area contributed by atoms with Gasteiger partial charge in [0.05, 0.1) is 0 Å². The first-order valence-electron chi connectivity index (χ1n) is 6.26. The zero-order valence-corrected chi connectivity index (χ0v) is 10.6. The largest absolute Gasteiger partial charge is 0.508 e. The van der Waals surface area contributed by atoms with Crippen molar-refractivity contribution in [1.29, 1.82) is 0 Å². The van der Waals surface area contributed by atoms with Crippen molar-refractivity contribution in [1.82, 2.24) is 0 Å². The summed E-state index contributed by atoms with van der Waals surface area (Å²) in [7, 11) is 0. The summed E-state index contributed by atoms with van der Waals surface area (Å²) in [5.41, 5.74) is 3.75. The Kier molecular flexibility index (Phi) is 2.56. The van der Waals surface area contributed by atoms with E-state index < -0.39 is 0 Å². The van der Waals surface area contributed by atoms with Crippen molar-refractivity contribution < 1.29 is 15.0 Å². The average Bonchev–Trinajstić information content (AvgIpc) is 2.79. The molecule has 96 valence electrons. The van der Waals surface area contributed by atoms with Crippen LogP contribution in [-0.2, 0) is 6.42 Å². The Hall–Kier alpha value is -2.29. The average molecular weight is 254 g/mol. The number of hydrogen-bond donors (Lipinski definition) is 2. The molecule has 0 aromatic heterocycles. The Bertz CT molecular complexity index is 687. The number of phenols is 2. The van der Waals surface area contributed by atoms with Crippen LogP contribution in [0.2, 0.25) is 0 Å². The van der Waals surface area contributed by atoms with E-state index in [2.05, 4.69) is 0 Å².